The summed E-state index contributed by atoms with van der Waals surface area (Å²) < 4.78 is 3.19. The van der Waals surface area contributed by atoms with E-state index in [9.17, 15) is 4.79 Å². The van der Waals surface area contributed by atoms with Crippen LogP contribution in [0.25, 0.3) is 10.9 Å². The fourth-order valence-corrected chi connectivity index (χ4v) is 3.05. The molecule has 118 valence electrons. The molecule has 0 bridgehead atoms. The minimum absolute atomic E-state index is 0.0971. The van der Waals surface area contributed by atoms with Gasteiger partial charge in [-0.05, 0) is 36.2 Å². The van der Waals surface area contributed by atoms with Crippen LogP contribution in [0.3, 0.4) is 0 Å². The van der Waals surface area contributed by atoms with Crippen LogP contribution in [0, 0.1) is 0 Å². The number of carbonyl (C=O) groups is 1. The largest absolute Gasteiger partial charge is 0.356 e. The van der Waals surface area contributed by atoms with Gasteiger partial charge in [0.2, 0.25) is 5.91 Å². The molecule has 0 saturated heterocycles. The molecule has 23 heavy (non-hydrogen) atoms. The summed E-state index contributed by atoms with van der Waals surface area (Å²) in [7, 11) is 0. The smallest absolute Gasteiger partial charge is 0.221 e. The van der Waals surface area contributed by atoms with Gasteiger partial charge in [-0.2, -0.15) is 0 Å². The summed E-state index contributed by atoms with van der Waals surface area (Å²) in [5.41, 5.74) is 2.40. The van der Waals surface area contributed by atoms with E-state index in [0.717, 1.165) is 16.4 Å². The van der Waals surface area contributed by atoms with Gasteiger partial charge in [-0.3, -0.25) is 4.79 Å². The lowest BCUT2D eigenvalue weighted by Crippen LogP contribution is -2.26. The highest BCUT2D eigenvalue weighted by molar-refractivity contribution is 9.10. The van der Waals surface area contributed by atoms with Gasteiger partial charge in [0.1, 0.15) is 0 Å². The minimum atomic E-state index is 0.0971. The number of benzene rings is 2. The number of nitrogens with zero attached hydrogens (tertiary/aromatic N) is 1. The van der Waals surface area contributed by atoms with Gasteiger partial charge in [-0.25, -0.2) is 0 Å². The molecular formula is C19H19BrN2O. The average molecular weight is 371 g/mol. The van der Waals surface area contributed by atoms with E-state index in [2.05, 4.69) is 56.1 Å². The van der Waals surface area contributed by atoms with Crippen LogP contribution in [0.15, 0.2) is 65.3 Å². The van der Waals surface area contributed by atoms with Crippen molar-refractivity contribution in [2.45, 2.75) is 19.4 Å². The summed E-state index contributed by atoms with van der Waals surface area (Å²) in [5, 5.41) is 4.18. The molecule has 3 aromatic rings. The van der Waals surface area contributed by atoms with Gasteiger partial charge in [-0.1, -0.05) is 46.3 Å². The van der Waals surface area contributed by atoms with Crippen molar-refractivity contribution < 1.29 is 4.79 Å². The van der Waals surface area contributed by atoms with Crippen LogP contribution in [0.5, 0.6) is 0 Å². The Hall–Kier alpha value is -2.07. The number of hydrogen-bond donors (Lipinski definition) is 1. The maximum Gasteiger partial charge on any atom is 0.221 e. The number of amides is 1. The molecule has 0 aliphatic rings. The molecule has 1 aromatic heterocycles. The predicted molar refractivity (Wildman–Crippen MR) is 97.4 cm³/mol. The number of aromatic nitrogens is 1. The molecule has 0 spiro atoms. The van der Waals surface area contributed by atoms with Crippen molar-refractivity contribution in [3.05, 3.63) is 70.8 Å². The summed E-state index contributed by atoms with van der Waals surface area (Å²) in [6, 6.07) is 18.5. The molecule has 4 heteroatoms. The quantitative estimate of drug-likeness (QED) is 0.694. The Bertz CT molecular complexity index is 795. The lowest BCUT2D eigenvalue weighted by atomic mass is 10.1. The Kier molecular flexibility index (Phi) is 5.13. The molecule has 1 amide bonds. The number of rotatable bonds is 6. The third-order valence-corrected chi connectivity index (χ3v) is 4.38. The Labute approximate surface area is 144 Å². The van der Waals surface area contributed by atoms with E-state index in [-0.39, 0.29) is 5.91 Å². The van der Waals surface area contributed by atoms with Crippen molar-refractivity contribution in [2.24, 2.45) is 0 Å². The number of fused-ring (bicyclic) bond motifs is 1. The fraction of sp³-hybridized carbons (Fsp3) is 0.211. The molecule has 0 aliphatic heterocycles. The van der Waals surface area contributed by atoms with Gasteiger partial charge in [0.25, 0.3) is 0 Å². The molecule has 0 atom stereocenters. The first-order valence-electron chi connectivity index (χ1n) is 7.77. The number of aryl methyl sites for hydroxylation is 1. The Balaban J connectivity index is 1.48. The summed E-state index contributed by atoms with van der Waals surface area (Å²) in [5.74, 6) is 0.0971. The molecule has 1 N–H and O–H groups in total. The second-order valence-corrected chi connectivity index (χ2v) is 6.46. The minimum Gasteiger partial charge on any atom is -0.356 e. The summed E-state index contributed by atoms with van der Waals surface area (Å²) in [6.45, 7) is 1.38. The van der Waals surface area contributed by atoms with Crippen molar-refractivity contribution >= 4 is 32.7 Å². The van der Waals surface area contributed by atoms with Crippen molar-refractivity contribution in [2.75, 3.05) is 6.54 Å². The molecule has 0 radical (unpaired) electrons. The first kappa shape index (κ1) is 15.8. The molecule has 3 rings (SSSR count). The first-order valence-corrected chi connectivity index (χ1v) is 8.57. The zero-order valence-electron chi connectivity index (χ0n) is 12.8. The van der Waals surface area contributed by atoms with E-state index in [1.54, 1.807) is 0 Å². The molecule has 0 saturated carbocycles. The molecule has 0 unspecified atom stereocenters. The SMILES string of the molecule is O=C(CCn1ccc2cc(Br)ccc21)NCCc1ccccc1. The second kappa shape index (κ2) is 7.47. The van der Waals surface area contributed by atoms with Gasteiger partial charge in [-0.15, -0.1) is 0 Å². The van der Waals surface area contributed by atoms with Crippen LogP contribution in [-0.4, -0.2) is 17.0 Å². The highest BCUT2D eigenvalue weighted by atomic mass is 79.9. The Morgan fingerprint density at radius 2 is 1.91 bits per heavy atom. The third kappa shape index (κ3) is 4.23. The van der Waals surface area contributed by atoms with Crippen LogP contribution in [-0.2, 0) is 17.8 Å². The molecule has 1 heterocycles. The second-order valence-electron chi connectivity index (χ2n) is 5.55. The Morgan fingerprint density at radius 1 is 1.09 bits per heavy atom. The van der Waals surface area contributed by atoms with Gasteiger partial charge in [0.15, 0.2) is 0 Å². The molecule has 3 nitrogen and oxygen atoms in total. The third-order valence-electron chi connectivity index (χ3n) is 3.89. The first-order chi connectivity index (χ1) is 11.2. The van der Waals surface area contributed by atoms with E-state index in [4.69, 9.17) is 0 Å². The topological polar surface area (TPSA) is 34.0 Å². The van der Waals surface area contributed by atoms with Crippen LogP contribution < -0.4 is 5.32 Å². The number of nitrogens with one attached hydrogen (secondary N) is 1. The van der Waals surface area contributed by atoms with Gasteiger partial charge in [0, 0.05) is 41.1 Å². The summed E-state index contributed by atoms with van der Waals surface area (Å²) >= 11 is 3.48. The van der Waals surface area contributed by atoms with Gasteiger partial charge >= 0.3 is 0 Å². The van der Waals surface area contributed by atoms with Crippen LogP contribution in [0.2, 0.25) is 0 Å². The van der Waals surface area contributed by atoms with E-state index in [1.165, 1.54) is 10.9 Å². The van der Waals surface area contributed by atoms with Crippen molar-refractivity contribution in [1.82, 2.24) is 9.88 Å². The zero-order chi connectivity index (χ0) is 16.1. The maximum absolute atomic E-state index is 12.0. The van der Waals surface area contributed by atoms with Crippen LogP contribution in [0.4, 0.5) is 0 Å². The maximum atomic E-state index is 12.0. The normalized spacial score (nSPS) is 10.8. The highest BCUT2D eigenvalue weighted by Crippen LogP contribution is 2.21. The average Bonchev–Trinajstić information content (AvgIpc) is 2.96. The zero-order valence-corrected chi connectivity index (χ0v) is 14.4. The van der Waals surface area contributed by atoms with Crippen molar-refractivity contribution in [1.29, 1.82) is 0 Å². The van der Waals surface area contributed by atoms with Gasteiger partial charge < -0.3 is 9.88 Å². The molecule has 0 fully saturated rings. The van der Waals surface area contributed by atoms with E-state index < -0.39 is 0 Å². The van der Waals surface area contributed by atoms with Crippen molar-refractivity contribution in [3.8, 4) is 0 Å². The number of halogens is 1. The van der Waals surface area contributed by atoms with Crippen LogP contribution in [0.1, 0.15) is 12.0 Å². The summed E-state index contributed by atoms with van der Waals surface area (Å²) in [4.78, 5) is 12.0. The highest BCUT2D eigenvalue weighted by Gasteiger charge is 2.05. The van der Waals surface area contributed by atoms with E-state index in [1.807, 2.05) is 30.5 Å². The fourth-order valence-electron chi connectivity index (χ4n) is 2.67. The van der Waals surface area contributed by atoms with Gasteiger partial charge in [0.05, 0.1) is 0 Å². The van der Waals surface area contributed by atoms with E-state index >= 15 is 0 Å². The number of hydrogen-bond acceptors (Lipinski definition) is 1. The predicted octanol–water partition coefficient (Wildman–Crippen LogP) is 4.15. The monoisotopic (exact) mass is 370 g/mol. The van der Waals surface area contributed by atoms with Crippen LogP contribution >= 0.6 is 15.9 Å². The molecule has 0 aliphatic carbocycles. The Morgan fingerprint density at radius 3 is 2.74 bits per heavy atom. The lowest BCUT2D eigenvalue weighted by Gasteiger charge is -2.07. The van der Waals surface area contributed by atoms with E-state index in [0.29, 0.717) is 19.5 Å². The van der Waals surface area contributed by atoms with Crippen molar-refractivity contribution in [3.63, 3.8) is 0 Å². The molecular weight excluding hydrogens is 352 g/mol. The molecule has 2 aromatic carbocycles. The standard InChI is InChI=1S/C19H19BrN2O/c20-17-6-7-18-16(14-17)9-12-22(18)13-10-19(23)21-11-8-15-4-2-1-3-5-15/h1-7,9,12,14H,8,10-11,13H2,(H,21,23). The number of carbonyl (C=O) groups excluding carboxylic acids is 1. The lowest BCUT2D eigenvalue weighted by molar-refractivity contribution is -0.121. The summed E-state index contributed by atoms with van der Waals surface area (Å²) in [6.07, 6.45) is 3.40.